The van der Waals surface area contributed by atoms with Crippen LogP contribution in [0.5, 0.6) is 5.75 Å². The number of benzene rings is 1. The van der Waals surface area contributed by atoms with Gasteiger partial charge in [-0.3, -0.25) is 4.79 Å². The van der Waals surface area contributed by atoms with Crippen LogP contribution in [0.4, 0.5) is 0 Å². The van der Waals surface area contributed by atoms with Crippen LogP contribution in [0.3, 0.4) is 0 Å². The van der Waals surface area contributed by atoms with E-state index in [0.717, 1.165) is 19.4 Å². The standard InChI is InChI=1S/C13H16Cl2N2O2/c14-9-4-10(15)6-12(5-9)19-8-13(18)17-3-1-2-11(16)7-17/h4-6,11H,1-3,7-8,16H2. The van der Waals surface area contributed by atoms with Gasteiger partial charge in [0.2, 0.25) is 0 Å². The minimum absolute atomic E-state index is 0.0244. The first-order chi connectivity index (χ1) is 9.04. The first-order valence-corrected chi connectivity index (χ1v) is 6.92. The van der Waals surface area contributed by atoms with Crippen LogP contribution in [0.25, 0.3) is 0 Å². The Kier molecular flexibility index (Phi) is 4.91. The highest BCUT2D eigenvalue weighted by molar-refractivity contribution is 6.34. The van der Waals surface area contributed by atoms with Crippen molar-refractivity contribution in [2.45, 2.75) is 18.9 Å². The second-order valence-electron chi connectivity index (χ2n) is 4.64. The number of amides is 1. The van der Waals surface area contributed by atoms with Crippen molar-refractivity contribution in [3.63, 3.8) is 0 Å². The van der Waals surface area contributed by atoms with Gasteiger partial charge in [0.25, 0.3) is 5.91 Å². The van der Waals surface area contributed by atoms with Crippen molar-refractivity contribution in [2.24, 2.45) is 5.73 Å². The van der Waals surface area contributed by atoms with Crippen LogP contribution in [0.15, 0.2) is 18.2 Å². The minimum Gasteiger partial charge on any atom is -0.484 e. The molecule has 4 nitrogen and oxygen atoms in total. The van der Waals surface area contributed by atoms with E-state index in [1.54, 1.807) is 23.1 Å². The first kappa shape index (κ1) is 14.4. The number of piperidine rings is 1. The van der Waals surface area contributed by atoms with Gasteiger partial charge in [-0.25, -0.2) is 0 Å². The highest BCUT2D eigenvalue weighted by Crippen LogP contribution is 2.24. The zero-order valence-corrected chi connectivity index (χ0v) is 12.0. The molecule has 1 aromatic rings. The second-order valence-corrected chi connectivity index (χ2v) is 5.51. The normalized spacial score (nSPS) is 19.3. The van der Waals surface area contributed by atoms with E-state index < -0.39 is 0 Å². The van der Waals surface area contributed by atoms with Crippen molar-refractivity contribution in [3.05, 3.63) is 28.2 Å². The molecule has 0 radical (unpaired) electrons. The third kappa shape index (κ3) is 4.27. The first-order valence-electron chi connectivity index (χ1n) is 6.17. The van der Waals surface area contributed by atoms with Crippen molar-refractivity contribution in [3.8, 4) is 5.75 Å². The number of rotatable bonds is 3. The average Bonchev–Trinajstić information content (AvgIpc) is 2.35. The fraction of sp³-hybridized carbons (Fsp3) is 0.462. The molecule has 0 aromatic heterocycles. The fourth-order valence-corrected chi connectivity index (χ4v) is 2.59. The summed E-state index contributed by atoms with van der Waals surface area (Å²) in [5, 5.41) is 0.963. The minimum atomic E-state index is -0.0637. The smallest absolute Gasteiger partial charge is 0.260 e. The van der Waals surface area contributed by atoms with E-state index in [-0.39, 0.29) is 18.6 Å². The van der Waals surface area contributed by atoms with Gasteiger partial charge in [-0.1, -0.05) is 23.2 Å². The molecule has 6 heteroatoms. The average molecular weight is 303 g/mol. The van der Waals surface area contributed by atoms with Gasteiger partial charge in [0.15, 0.2) is 6.61 Å². The summed E-state index contributed by atoms with van der Waals surface area (Å²) in [6.07, 6.45) is 1.91. The van der Waals surface area contributed by atoms with Gasteiger partial charge >= 0.3 is 0 Å². The topological polar surface area (TPSA) is 55.6 Å². The summed E-state index contributed by atoms with van der Waals surface area (Å²) in [5.74, 6) is 0.429. The predicted octanol–water partition coefficient (Wildman–Crippen LogP) is 2.32. The number of likely N-dealkylation sites (tertiary alicyclic amines) is 1. The third-order valence-electron chi connectivity index (χ3n) is 3.01. The Labute approximate surface area is 122 Å². The summed E-state index contributed by atoms with van der Waals surface area (Å²) in [6, 6.07) is 4.94. The maximum atomic E-state index is 12.0. The summed E-state index contributed by atoms with van der Waals surface area (Å²) in [5.41, 5.74) is 5.84. The molecule has 19 heavy (non-hydrogen) atoms. The van der Waals surface area contributed by atoms with Crippen molar-refractivity contribution >= 4 is 29.1 Å². The monoisotopic (exact) mass is 302 g/mol. The van der Waals surface area contributed by atoms with E-state index in [1.807, 2.05) is 0 Å². The molecule has 1 aromatic carbocycles. The van der Waals surface area contributed by atoms with Gasteiger partial charge in [0.05, 0.1) is 0 Å². The highest BCUT2D eigenvalue weighted by Gasteiger charge is 2.21. The van der Waals surface area contributed by atoms with Gasteiger partial charge in [-0.2, -0.15) is 0 Å². The van der Waals surface area contributed by atoms with E-state index in [1.165, 1.54) is 0 Å². The van der Waals surface area contributed by atoms with Gasteiger partial charge in [-0.15, -0.1) is 0 Å². The van der Waals surface area contributed by atoms with E-state index >= 15 is 0 Å². The fourth-order valence-electron chi connectivity index (χ4n) is 2.08. The lowest BCUT2D eigenvalue weighted by atomic mass is 10.1. The molecule has 104 valence electrons. The van der Waals surface area contributed by atoms with E-state index in [2.05, 4.69) is 0 Å². The van der Waals surface area contributed by atoms with Crippen LogP contribution >= 0.6 is 23.2 Å². The molecule has 1 fully saturated rings. The molecule has 1 heterocycles. The number of carbonyl (C=O) groups is 1. The molecule has 1 unspecified atom stereocenters. The molecule has 0 spiro atoms. The van der Waals surface area contributed by atoms with E-state index in [4.69, 9.17) is 33.7 Å². The Hall–Kier alpha value is -0.970. The third-order valence-corrected chi connectivity index (χ3v) is 3.45. The van der Waals surface area contributed by atoms with Crippen molar-refractivity contribution < 1.29 is 9.53 Å². The second kappa shape index (κ2) is 6.46. The predicted molar refractivity (Wildman–Crippen MR) is 75.7 cm³/mol. The molecule has 0 bridgehead atoms. The number of nitrogens with zero attached hydrogens (tertiary/aromatic N) is 1. The van der Waals surface area contributed by atoms with Crippen LogP contribution < -0.4 is 10.5 Å². The Morgan fingerprint density at radius 3 is 2.68 bits per heavy atom. The molecule has 1 saturated heterocycles. The number of hydrogen-bond acceptors (Lipinski definition) is 3. The summed E-state index contributed by atoms with van der Waals surface area (Å²) >= 11 is 11.7. The number of carbonyl (C=O) groups excluding carboxylic acids is 1. The molecule has 0 saturated carbocycles. The molecule has 1 aliphatic rings. The highest BCUT2D eigenvalue weighted by atomic mass is 35.5. The Bertz CT molecular complexity index is 448. The van der Waals surface area contributed by atoms with E-state index in [9.17, 15) is 4.79 Å². The molecule has 2 rings (SSSR count). The van der Waals surface area contributed by atoms with Crippen molar-refractivity contribution in [1.82, 2.24) is 4.90 Å². The number of ether oxygens (including phenoxy) is 1. The zero-order chi connectivity index (χ0) is 13.8. The quantitative estimate of drug-likeness (QED) is 0.932. The number of hydrogen-bond donors (Lipinski definition) is 1. The lowest BCUT2D eigenvalue weighted by molar-refractivity contribution is -0.134. The molecule has 2 N–H and O–H groups in total. The Morgan fingerprint density at radius 2 is 2.05 bits per heavy atom. The van der Waals surface area contributed by atoms with Crippen molar-refractivity contribution in [1.29, 1.82) is 0 Å². The van der Waals surface area contributed by atoms with Gasteiger partial charge in [0.1, 0.15) is 5.75 Å². The Balaban J connectivity index is 1.89. The zero-order valence-electron chi connectivity index (χ0n) is 10.4. The van der Waals surface area contributed by atoms with Crippen molar-refractivity contribution in [2.75, 3.05) is 19.7 Å². The molecular formula is C13H16Cl2N2O2. The maximum absolute atomic E-state index is 12.0. The summed E-state index contributed by atoms with van der Waals surface area (Å²) in [7, 11) is 0. The SMILES string of the molecule is NC1CCCN(C(=O)COc2cc(Cl)cc(Cl)c2)C1. The van der Waals surface area contributed by atoms with E-state index in [0.29, 0.717) is 22.3 Å². The van der Waals surface area contributed by atoms with Gasteiger partial charge < -0.3 is 15.4 Å². The summed E-state index contributed by atoms with van der Waals surface area (Å²) in [6.45, 7) is 1.31. The number of nitrogens with two attached hydrogens (primary N) is 1. The van der Waals surface area contributed by atoms with Crippen LogP contribution in [0, 0.1) is 0 Å². The summed E-state index contributed by atoms with van der Waals surface area (Å²) < 4.78 is 5.42. The molecule has 0 aliphatic carbocycles. The van der Waals surface area contributed by atoms with Gasteiger partial charge in [0, 0.05) is 29.2 Å². The maximum Gasteiger partial charge on any atom is 0.260 e. The van der Waals surface area contributed by atoms with Crippen LogP contribution in [0.2, 0.25) is 10.0 Å². The van der Waals surface area contributed by atoms with Crippen LogP contribution in [-0.4, -0.2) is 36.5 Å². The van der Waals surface area contributed by atoms with Gasteiger partial charge in [-0.05, 0) is 31.0 Å². The van der Waals surface area contributed by atoms with Crippen LogP contribution in [-0.2, 0) is 4.79 Å². The largest absolute Gasteiger partial charge is 0.484 e. The molecule has 1 aliphatic heterocycles. The Morgan fingerprint density at radius 1 is 1.37 bits per heavy atom. The number of halogens is 2. The molecule has 1 atom stereocenters. The molecular weight excluding hydrogens is 287 g/mol. The summed E-state index contributed by atoms with van der Waals surface area (Å²) in [4.78, 5) is 13.7. The van der Waals surface area contributed by atoms with Crippen LogP contribution in [0.1, 0.15) is 12.8 Å². The lowest BCUT2D eigenvalue weighted by Crippen LogP contribution is -2.47. The molecule has 1 amide bonds. The lowest BCUT2D eigenvalue weighted by Gasteiger charge is -2.30.